The average molecular weight is 222 g/mol. The third kappa shape index (κ3) is 3.53. The second-order valence-electron chi connectivity index (χ2n) is 2.88. The molecule has 0 aliphatic carbocycles. The van der Waals surface area contributed by atoms with Gasteiger partial charge in [-0.05, 0) is 12.1 Å². The number of hydrogen-bond acceptors (Lipinski definition) is 5. The van der Waals surface area contributed by atoms with E-state index in [4.69, 9.17) is 0 Å². The second kappa shape index (κ2) is 5.65. The van der Waals surface area contributed by atoms with E-state index >= 15 is 0 Å². The minimum absolute atomic E-state index is 0.251. The number of benzene rings is 1. The van der Waals surface area contributed by atoms with E-state index in [1.165, 1.54) is 12.1 Å². The Kier molecular flexibility index (Phi) is 4.20. The summed E-state index contributed by atoms with van der Waals surface area (Å²) < 4.78 is 8.69. The maximum absolute atomic E-state index is 11.3. The van der Waals surface area contributed by atoms with Crippen molar-refractivity contribution in [1.29, 1.82) is 0 Å². The molecule has 1 rings (SSSR count). The summed E-state index contributed by atoms with van der Waals surface area (Å²) in [4.78, 5) is 33.1. The number of esters is 3. The van der Waals surface area contributed by atoms with Crippen LogP contribution in [0, 0.1) is 0 Å². The summed E-state index contributed by atoms with van der Waals surface area (Å²) in [7, 11) is 1.15. The molecule has 0 radical (unpaired) electrons. The van der Waals surface area contributed by atoms with Crippen LogP contribution < -0.4 is 0 Å². The van der Waals surface area contributed by atoms with Crippen LogP contribution in [-0.4, -0.2) is 25.0 Å². The molecule has 84 valence electrons. The van der Waals surface area contributed by atoms with Crippen molar-refractivity contribution in [2.45, 2.75) is 6.42 Å². The number of carbonyl (C=O) groups is 3. The highest BCUT2D eigenvalue weighted by molar-refractivity contribution is 6.01. The van der Waals surface area contributed by atoms with E-state index in [-0.39, 0.29) is 5.56 Å². The zero-order valence-corrected chi connectivity index (χ0v) is 8.64. The van der Waals surface area contributed by atoms with Crippen molar-refractivity contribution in [3.8, 4) is 0 Å². The second-order valence-corrected chi connectivity index (χ2v) is 2.88. The summed E-state index contributed by atoms with van der Waals surface area (Å²) in [5.41, 5.74) is 0.251. The molecule has 0 saturated heterocycles. The van der Waals surface area contributed by atoms with E-state index in [1.807, 2.05) is 0 Å². The summed E-state index contributed by atoms with van der Waals surface area (Å²) in [6, 6.07) is 8.03. The van der Waals surface area contributed by atoms with Crippen molar-refractivity contribution in [1.82, 2.24) is 0 Å². The first-order chi connectivity index (χ1) is 7.63. The first kappa shape index (κ1) is 11.9. The molecule has 5 nitrogen and oxygen atoms in total. The van der Waals surface area contributed by atoms with E-state index in [0.717, 1.165) is 7.11 Å². The maximum atomic E-state index is 11.3. The minimum atomic E-state index is -0.930. The van der Waals surface area contributed by atoms with Gasteiger partial charge in [0, 0.05) is 0 Å². The van der Waals surface area contributed by atoms with Gasteiger partial charge in [0.1, 0.15) is 6.42 Å². The molecule has 1 aromatic carbocycles. The monoisotopic (exact) mass is 222 g/mol. The molecule has 0 bridgehead atoms. The van der Waals surface area contributed by atoms with Crippen LogP contribution in [0.1, 0.15) is 16.8 Å². The fourth-order valence-corrected chi connectivity index (χ4v) is 0.963. The molecule has 1 aromatic rings. The van der Waals surface area contributed by atoms with Gasteiger partial charge in [0.25, 0.3) is 0 Å². The third-order valence-electron chi connectivity index (χ3n) is 1.73. The molecule has 0 aliphatic rings. The molecule has 5 heteroatoms. The van der Waals surface area contributed by atoms with E-state index in [0.29, 0.717) is 0 Å². The fraction of sp³-hybridized carbons (Fsp3) is 0.182. The molecular formula is C11H10O5. The minimum Gasteiger partial charge on any atom is -0.469 e. The third-order valence-corrected chi connectivity index (χ3v) is 1.73. The SMILES string of the molecule is COC(=O)CC(=O)OC(=O)c1ccccc1. The Labute approximate surface area is 92.0 Å². The number of rotatable bonds is 3. The van der Waals surface area contributed by atoms with Gasteiger partial charge >= 0.3 is 17.9 Å². The number of methoxy groups -OCH3 is 1. The summed E-state index contributed by atoms with van der Waals surface area (Å²) in [5, 5.41) is 0. The van der Waals surface area contributed by atoms with Crippen molar-refractivity contribution in [2.24, 2.45) is 0 Å². The van der Waals surface area contributed by atoms with Crippen molar-refractivity contribution < 1.29 is 23.9 Å². The molecule has 0 atom stereocenters. The van der Waals surface area contributed by atoms with Crippen LogP contribution in [-0.2, 0) is 19.1 Å². The van der Waals surface area contributed by atoms with Gasteiger partial charge in [-0.15, -0.1) is 0 Å². The van der Waals surface area contributed by atoms with E-state index in [9.17, 15) is 14.4 Å². The molecule has 0 N–H and O–H groups in total. The van der Waals surface area contributed by atoms with Gasteiger partial charge < -0.3 is 9.47 Å². The van der Waals surface area contributed by atoms with Crippen molar-refractivity contribution in [3.05, 3.63) is 35.9 Å². The summed E-state index contributed by atoms with van der Waals surface area (Å²) in [6.45, 7) is 0. The van der Waals surface area contributed by atoms with Crippen LogP contribution in [0.5, 0.6) is 0 Å². The molecule has 0 amide bonds. The summed E-state index contributed by atoms with van der Waals surface area (Å²) >= 11 is 0. The Morgan fingerprint density at radius 2 is 1.69 bits per heavy atom. The molecule has 0 unspecified atom stereocenters. The standard InChI is InChI=1S/C11H10O5/c1-15-9(12)7-10(13)16-11(14)8-5-3-2-4-6-8/h2-6H,7H2,1H3. The van der Waals surface area contributed by atoms with Crippen LogP contribution in [0.2, 0.25) is 0 Å². The van der Waals surface area contributed by atoms with Crippen LogP contribution in [0.25, 0.3) is 0 Å². The van der Waals surface area contributed by atoms with Gasteiger partial charge in [-0.2, -0.15) is 0 Å². The van der Waals surface area contributed by atoms with Crippen molar-refractivity contribution in [2.75, 3.05) is 7.11 Å². The van der Waals surface area contributed by atoms with E-state index in [2.05, 4.69) is 9.47 Å². The lowest BCUT2D eigenvalue weighted by Crippen LogP contribution is -2.16. The molecular weight excluding hydrogens is 212 g/mol. The predicted octanol–water partition coefficient (Wildman–Crippen LogP) is 0.933. The molecule has 0 fully saturated rings. The molecule has 0 spiro atoms. The Morgan fingerprint density at radius 1 is 1.06 bits per heavy atom. The molecule has 0 saturated carbocycles. The van der Waals surface area contributed by atoms with E-state index < -0.39 is 24.3 Å². The predicted molar refractivity (Wildman–Crippen MR) is 53.5 cm³/mol. The van der Waals surface area contributed by atoms with E-state index in [1.54, 1.807) is 18.2 Å². The smallest absolute Gasteiger partial charge is 0.345 e. The van der Waals surface area contributed by atoms with Gasteiger partial charge in [-0.25, -0.2) is 4.79 Å². The Bertz CT molecular complexity index is 396. The van der Waals surface area contributed by atoms with Crippen molar-refractivity contribution in [3.63, 3.8) is 0 Å². The summed E-state index contributed by atoms with van der Waals surface area (Å²) in [5.74, 6) is -2.46. The largest absolute Gasteiger partial charge is 0.469 e. The average Bonchev–Trinajstić information content (AvgIpc) is 2.29. The Hall–Kier alpha value is -2.17. The van der Waals surface area contributed by atoms with Crippen LogP contribution in [0.15, 0.2) is 30.3 Å². The van der Waals surface area contributed by atoms with Gasteiger partial charge in [-0.1, -0.05) is 18.2 Å². The number of carbonyl (C=O) groups excluding carboxylic acids is 3. The lowest BCUT2D eigenvalue weighted by atomic mass is 10.2. The van der Waals surface area contributed by atoms with Gasteiger partial charge in [-0.3, -0.25) is 9.59 Å². The highest BCUT2D eigenvalue weighted by Crippen LogP contribution is 2.02. The highest BCUT2D eigenvalue weighted by atomic mass is 16.6. The van der Waals surface area contributed by atoms with Gasteiger partial charge in [0.05, 0.1) is 12.7 Å². The van der Waals surface area contributed by atoms with Crippen LogP contribution >= 0.6 is 0 Å². The zero-order chi connectivity index (χ0) is 12.0. The molecule has 0 aliphatic heterocycles. The Morgan fingerprint density at radius 3 is 2.25 bits per heavy atom. The van der Waals surface area contributed by atoms with Gasteiger partial charge in [0.15, 0.2) is 0 Å². The number of ether oxygens (including phenoxy) is 2. The number of hydrogen-bond donors (Lipinski definition) is 0. The normalized spacial score (nSPS) is 9.31. The quantitative estimate of drug-likeness (QED) is 0.562. The molecule has 0 aromatic heterocycles. The molecule has 0 heterocycles. The first-order valence-corrected chi connectivity index (χ1v) is 4.50. The van der Waals surface area contributed by atoms with Crippen LogP contribution in [0.4, 0.5) is 0 Å². The van der Waals surface area contributed by atoms with Crippen LogP contribution in [0.3, 0.4) is 0 Å². The first-order valence-electron chi connectivity index (χ1n) is 4.50. The fourth-order valence-electron chi connectivity index (χ4n) is 0.963. The lowest BCUT2D eigenvalue weighted by Gasteiger charge is -2.01. The summed E-state index contributed by atoms with van der Waals surface area (Å²) in [6.07, 6.45) is -0.574. The topological polar surface area (TPSA) is 69.7 Å². The lowest BCUT2D eigenvalue weighted by molar-refractivity contribution is -0.149. The Balaban J connectivity index is 2.52. The highest BCUT2D eigenvalue weighted by Gasteiger charge is 2.16. The zero-order valence-electron chi connectivity index (χ0n) is 8.64. The van der Waals surface area contributed by atoms with Gasteiger partial charge in [0.2, 0.25) is 0 Å². The van der Waals surface area contributed by atoms with Crippen molar-refractivity contribution >= 4 is 17.9 Å². The maximum Gasteiger partial charge on any atom is 0.345 e. The molecule has 16 heavy (non-hydrogen) atoms.